The Hall–Kier alpha value is -2.21. The van der Waals surface area contributed by atoms with Crippen LogP contribution in [0.15, 0.2) is 24.4 Å². The van der Waals surface area contributed by atoms with Crippen molar-refractivity contribution in [2.75, 3.05) is 13.1 Å². The molecule has 0 radical (unpaired) electrons. The second kappa shape index (κ2) is 6.91. The van der Waals surface area contributed by atoms with Gasteiger partial charge in [-0.3, -0.25) is 9.78 Å². The highest BCUT2D eigenvalue weighted by Gasteiger charge is 2.19. The summed E-state index contributed by atoms with van der Waals surface area (Å²) in [6.07, 6.45) is 3.11. The Labute approximate surface area is 136 Å². The third-order valence-electron chi connectivity index (χ3n) is 4.28. The Balaban J connectivity index is 1.64. The molecule has 0 aromatic carbocycles. The van der Waals surface area contributed by atoms with Crippen LogP contribution >= 0.6 is 0 Å². The molecule has 1 fully saturated rings. The van der Waals surface area contributed by atoms with E-state index in [1.54, 1.807) is 6.20 Å². The number of hydrogen-bond donors (Lipinski definition) is 2. The van der Waals surface area contributed by atoms with Crippen molar-refractivity contribution in [2.45, 2.75) is 39.3 Å². The maximum atomic E-state index is 11.9. The first-order chi connectivity index (χ1) is 11.1. The van der Waals surface area contributed by atoms with E-state index >= 15 is 0 Å². The molecule has 0 saturated carbocycles. The number of aromatic nitrogens is 3. The fraction of sp³-hybridized carbons (Fsp3) is 0.471. The van der Waals surface area contributed by atoms with Gasteiger partial charge in [-0.25, -0.2) is 4.98 Å². The van der Waals surface area contributed by atoms with Crippen molar-refractivity contribution < 1.29 is 4.79 Å². The highest BCUT2D eigenvalue weighted by atomic mass is 16.1. The van der Waals surface area contributed by atoms with Crippen molar-refractivity contribution in [1.82, 2.24) is 25.2 Å². The average molecular weight is 313 g/mol. The fourth-order valence-electron chi connectivity index (χ4n) is 2.71. The number of pyridine rings is 1. The second-order valence-electron chi connectivity index (χ2n) is 6.00. The van der Waals surface area contributed by atoms with Crippen LogP contribution in [0.2, 0.25) is 0 Å². The SMILES string of the molecule is Cc1nc(-c2ccccn2)n(CCCC(=O)NC2CNC2)c1C. The summed E-state index contributed by atoms with van der Waals surface area (Å²) in [5.41, 5.74) is 3.01. The van der Waals surface area contributed by atoms with Crippen molar-refractivity contribution in [1.29, 1.82) is 0 Å². The minimum absolute atomic E-state index is 0.130. The topological polar surface area (TPSA) is 71.8 Å². The first-order valence-electron chi connectivity index (χ1n) is 8.10. The molecule has 3 heterocycles. The summed E-state index contributed by atoms with van der Waals surface area (Å²) in [5.74, 6) is 1.01. The highest BCUT2D eigenvalue weighted by molar-refractivity contribution is 5.76. The van der Waals surface area contributed by atoms with Gasteiger partial charge in [0.2, 0.25) is 5.91 Å². The van der Waals surface area contributed by atoms with Crippen molar-refractivity contribution in [3.05, 3.63) is 35.8 Å². The van der Waals surface area contributed by atoms with Crippen LogP contribution in [0.3, 0.4) is 0 Å². The van der Waals surface area contributed by atoms with E-state index in [9.17, 15) is 4.79 Å². The molecular weight excluding hydrogens is 290 g/mol. The summed E-state index contributed by atoms with van der Waals surface area (Å²) < 4.78 is 2.16. The molecule has 6 nitrogen and oxygen atoms in total. The van der Waals surface area contributed by atoms with Gasteiger partial charge >= 0.3 is 0 Å². The van der Waals surface area contributed by atoms with Gasteiger partial charge in [0.1, 0.15) is 5.69 Å². The first-order valence-corrected chi connectivity index (χ1v) is 8.10. The minimum atomic E-state index is 0.130. The van der Waals surface area contributed by atoms with Gasteiger partial charge in [-0.1, -0.05) is 6.07 Å². The molecule has 1 aliphatic heterocycles. The third kappa shape index (κ3) is 3.59. The van der Waals surface area contributed by atoms with Crippen molar-refractivity contribution >= 4 is 5.91 Å². The molecule has 23 heavy (non-hydrogen) atoms. The summed E-state index contributed by atoms with van der Waals surface area (Å²) in [6, 6.07) is 6.14. The first kappa shape index (κ1) is 15.7. The number of carbonyl (C=O) groups is 1. The minimum Gasteiger partial charge on any atom is -0.351 e. The number of aryl methyl sites for hydroxylation is 1. The normalized spacial score (nSPS) is 14.5. The predicted molar refractivity (Wildman–Crippen MR) is 89.0 cm³/mol. The zero-order valence-electron chi connectivity index (χ0n) is 13.7. The maximum Gasteiger partial charge on any atom is 0.220 e. The zero-order chi connectivity index (χ0) is 16.2. The molecule has 0 aliphatic carbocycles. The molecule has 6 heteroatoms. The average Bonchev–Trinajstić information content (AvgIpc) is 2.80. The third-order valence-corrected chi connectivity index (χ3v) is 4.28. The number of rotatable bonds is 6. The summed E-state index contributed by atoms with van der Waals surface area (Å²) in [6.45, 7) is 6.61. The van der Waals surface area contributed by atoms with Crippen molar-refractivity contribution in [3.8, 4) is 11.5 Å². The van der Waals surface area contributed by atoms with Gasteiger partial charge < -0.3 is 15.2 Å². The molecule has 2 aromatic heterocycles. The Morgan fingerprint density at radius 2 is 2.22 bits per heavy atom. The van der Waals surface area contributed by atoms with Crippen LogP contribution in [-0.2, 0) is 11.3 Å². The summed E-state index contributed by atoms with van der Waals surface area (Å²) in [7, 11) is 0. The standard InChI is InChI=1S/C17H23N5O/c1-12-13(2)22(17(20-12)15-6-3-4-8-19-15)9-5-7-16(23)21-14-10-18-11-14/h3-4,6,8,14,18H,5,7,9-11H2,1-2H3,(H,21,23). The Morgan fingerprint density at radius 3 is 2.87 bits per heavy atom. The second-order valence-corrected chi connectivity index (χ2v) is 6.00. The zero-order valence-corrected chi connectivity index (χ0v) is 13.7. The van der Waals surface area contributed by atoms with Crippen LogP contribution in [0, 0.1) is 13.8 Å². The summed E-state index contributed by atoms with van der Waals surface area (Å²) in [4.78, 5) is 20.9. The van der Waals surface area contributed by atoms with E-state index in [2.05, 4.69) is 32.1 Å². The van der Waals surface area contributed by atoms with E-state index < -0.39 is 0 Å². The molecule has 2 aromatic rings. The summed E-state index contributed by atoms with van der Waals surface area (Å²) >= 11 is 0. The molecule has 3 rings (SSSR count). The van der Waals surface area contributed by atoms with Crippen molar-refractivity contribution in [2.24, 2.45) is 0 Å². The molecular formula is C17H23N5O. The quantitative estimate of drug-likeness (QED) is 0.846. The fourth-order valence-corrected chi connectivity index (χ4v) is 2.71. The number of carbonyl (C=O) groups excluding carboxylic acids is 1. The lowest BCUT2D eigenvalue weighted by Crippen LogP contribution is -2.56. The molecule has 0 unspecified atom stereocenters. The number of amides is 1. The van der Waals surface area contributed by atoms with Crippen LogP contribution in [0.5, 0.6) is 0 Å². The number of hydrogen-bond acceptors (Lipinski definition) is 4. The lowest BCUT2D eigenvalue weighted by molar-refractivity contribution is -0.122. The molecule has 1 amide bonds. The van der Waals surface area contributed by atoms with Crippen LogP contribution in [-0.4, -0.2) is 39.6 Å². The monoisotopic (exact) mass is 313 g/mol. The molecule has 1 saturated heterocycles. The lowest BCUT2D eigenvalue weighted by Gasteiger charge is -2.27. The van der Waals surface area contributed by atoms with E-state index in [0.29, 0.717) is 12.5 Å². The van der Waals surface area contributed by atoms with Gasteiger partial charge in [0.15, 0.2) is 5.82 Å². The predicted octanol–water partition coefficient (Wildman–Crippen LogP) is 1.43. The van der Waals surface area contributed by atoms with E-state index in [1.165, 1.54) is 0 Å². The van der Waals surface area contributed by atoms with E-state index in [-0.39, 0.29) is 5.91 Å². The Kier molecular flexibility index (Phi) is 4.71. The number of nitrogens with one attached hydrogen (secondary N) is 2. The molecule has 0 spiro atoms. The number of imidazole rings is 1. The molecule has 2 N–H and O–H groups in total. The maximum absolute atomic E-state index is 11.9. The summed E-state index contributed by atoms with van der Waals surface area (Å²) in [5, 5.41) is 6.18. The molecule has 0 atom stereocenters. The van der Waals surface area contributed by atoms with Crippen molar-refractivity contribution in [3.63, 3.8) is 0 Å². The Morgan fingerprint density at radius 1 is 1.39 bits per heavy atom. The smallest absolute Gasteiger partial charge is 0.220 e. The van der Waals surface area contributed by atoms with E-state index in [4.69, 9.17) is 0 Å². The van der Waals surface area contributed by atoms with Gasteiger partial charge in [0.25, 0.3) is 0 Å². The molecule has 1 aliphatic rings. The van der Waals surface area contributed by atoms with Gasteiger partial charge in [0.05, 0.1) is 11.7 Å². The van der Waals surface area contributed by atoms with E-state index in [0.717, 1.165) is 49.0 Å². The largest absolute Gasteiger partial charge is 0.351 e. The van der Waals surface area contributed by atoms with Crippen LogP contribution < -0.4 is 10.6 Å². The van der Waals surface area contributed by atoms with Gasteiger partial charge in [0, 0.05) is 37.9 Å². The number of nitrogens with zero attached hydrogens (tertiary/aromatic N) is 3. The van der Waals surface area contributed by atoms with Gasteiger partial charge in [-0.15, -0.1) is 0 Å². The Bertz CT molecular complexity index is 676. The highest BCUT2D eigenvalue weighted by Crippen LogP contribution is 2.20. The van der Waals surface area contributed by atoms with Gasteiger partial charge in [-0.05, 0) is 32.4 Å². The van der Waals surface area contributed by atoms with Gasteiger partial charge in [-0.2, -0.15) is 0 Å². The van der Waals surface area contributed by atoms with Crippen LogP contribution in [0.25, 0.3) is 11.5 Å². The lowest BCUT2D eigenvalue weighted by atomic mass is 10.1. The van der Waals surface area contributed by atoms with Crippen LogP contribution in [0.4, 0.5) is 0 Å². The van der Waals surface area contributed by atoms with Crippen LogP contribution in [0.1, 0.15) is 24.2 Å². The molecule has 0 bridgehead atoms. The van der Waals surface area contributed by atoms with E-state index in [1.807, 2.05) is 25.1 Å². The molecule has 122 valence electrons.